The lowest BCUT2D eigenvalue weighted by Crippen LogP contribution is -2.14. The molecule has 4 heteroatoms. The summed E-state index contributed by atoms with van der Waals surface area (Å²) >= 11 is 4.52. The van der Waals surface area contributed by atoms with E-state index in [1.807, 2.05) is 0 Å². The highest BCUT2D eigenvalue weighted by molar-refractivity contribution is 6.21. The molecule has 0 bridgehead atoms. The zero-order valence-corrected chi connectivity index (χ0v) is 5.54. The molecule has 0 aromatic carbocycles. The maximum absolute atomic E-state index is 11.8. The van der Waals surface area contributed by atoms with Gasteiger partial charge in [-0.3, -0.25) is 0 Å². The summed E-state index contributed by atoms with van der Waals surface area (Å²) in [6.07, 6.45) is -0.578. The van der Waals surface area contributed by atoms with Crippen LogP contribution in [0.4, 0.5) is 8.78 Å². The van der Waals surface area contributed by atoms with Gasteiger partial charge in [0.1, 0.15) is 0 Å². The molecule has 0 saturated heterocycles. The second-order valence-corrected chi connectivity index (χ2v) is 2.42. The SMILES string of the molecule is [CH2]C(CO)CC(F)(F)Cl. The molecule has 0 spiro atoms. The largest absolute Gasteiger partial charge is 0.396 e. The van der Waals surface area contributed by atoms with E-state index in [2.05, 4.69) is 18.5 Å². The fourth-order valence-corrected chi connectivity index (χ4v) is 0.610. The summed E-state index contributed by atoms with van der Waals surface area (Å²) in [7, 11) is 0. The molecule has 55 valence electrons. The van der Waals surface area contributed by atoms with Gasteiger partial charge in [-0.25, -0.2) is 0 Å². The van der Waals surface area contributed by atoms with Crippen LogP contribution >= 0.6 is 11.6 Å². The lowest BCUT2D eigenvalue weighted by molar-refractivity contribution is 0.0612. The van der Waals surface area contributed by atoms with Gasteiger partial charge >= 0.3 is 5.38 Å². The number of aliphatic hydroxyl groups excluding tert-OH is 1. The van der Waals surface area contributed by atoms with E-state index in [1.54, 1.807) is 0 Å². The van der Waals surface area contributed by atoms with Crippen molar-refractivity contribution < 1.29 is 13.9 Å². The molecular formula is C5H8ClF2O. The summed E-state index contributed by atoms with van der Waals surface area (Å²) in [5.74, 6) is -0.683. The van der Waals surface area contributed by atoms with Crippen LogP contribution in [0.5, 0.6) is 0 Å². The Morgan fingerprint density at radius 3 is 2.22 bits per heavy atom. The van der Waals surface area contributed by atoms with Crippen molar-refractivity contribution in [2.45, 2.75) is 11.8 Å². The zero-order valence-electron chi connectivity index (χ0n) is 4.78. The van der Waals surface area contributed by atoms with Crippen LogP contribution in [-0.2, 0) is 0 Å². The summed E-state index contributed by atoms with van der Waals surface area (Å²) in [6.45, 7) is 2.87. The monoisotopic (exact) mass is 157 g/mol. The second kappa shape index (κ2) is 3.32. The fraction of sp³-hybridized carbons (Fsp3) is 0.800. The molecule has 1 N–H and O–H groups in total. The Hall–Kier alpha value is 0.110. The van der Waals surface area contributed by atoms with Crippen LogP contribution in [0.3, 0.4) is 0 Å². The molecule has 0 aliphatic carbocycles. The predicted molar refractivity (Wildman–Crippen MR) is 31.3 cm³/mol. The number of hydrogen-bond acceptors (Lipinski definition) is 1. The molecule has 0 rings (SSSR count). The summed E-state index contributed by atoms with van der Waals surface area (Å²) in [5, 5.41) is 5.02. The number of alkyl halides is 3. The van der Waals surface area contributed by atoms with Gasteiger partial charge in [0.2, 0.25) is 0 Å². The number of halogens is 3. The smallest absolute Gasteiger partial charge is 0.322 e. The van der Waals surface area contributed by atoms with Gasteiger partial charge in [0.05, 0.1) is 0 Å². The van der Waals surface area contributed by atoms with Crippen LogP contribution in [0.1, 0.15) is 6.42 Å². The standard InChI is InChI=1S/C5H8ClF2O/c1-4(3-9)2-5(6,7)8/h4,9H,1-3H2. The lowest BCUT2D eigenvalue weighted by Gasteiger charge is -2.11. The van der Waals surface area contributed by atoms with E-state index < -0.39 is 17.7 Å². The molecule has 0 fully saturated rings. The minimum absolute atomic E-state index is 0.359. The molecule has 1 radical (unpaired) electrons. The van der Waals surface area contributed by atoms with E-state index in [9.17, 15) is 8.78 Å². The average Bonchev–Trinajstić information content (AvgIpc) is 1.62. The average molecular weight is 158 g/mol. The Kier molecular flexibility index (Phi) is 3.36. The van der Waals surface area contributed by atoms with Crippen LogP contribution in [0.2, 0.25) is 0 Å². The van der Waals surface area contributed by atoms with E-state index in [0.29, 0.717) is 0 Å². The summed E-state index contributed by atoms with van der Waals surface area (Å²) < 4.78 is 23.5. The first-order chi connectivity index (χ1) is 3.95. The summed E-state index contributed by atoms with van der Waals surface area (Å²) in [5.41, 5.74) is 0. The van der Waals surface area contributed by atoms with Gasteiger partial charge in [-0.2, -0.15) is 8.78 Å². The fourth-order valence-electron chi connectivity index (χ4n) is 0.392. The Balaban J connectivity index is 3.47. The second-order valence-electron chi connectivity index (χ2n) is 1.87. The third kappa shape index (κ3) is 5.99. The zero-order chi connectivity index (χ0) is 7.49. The van der Waals surface area contributed by atoms with Crippen molar-refractivity contribution in [1.29, 1.82) is 0 Å². The predicted octanol–water partition coefficient (Wildman–Crippen LogP) is 1.65. The molecule has 0 heterocycles. The lowest BCUT2D eigenvalue weighted by atomic mass is 10.1. The Labute approximate surface area is 57.6 Å². The van der Waals surface area contributed by atoms with Crippen LogP contribution in [0.15, 0.2) is 0 Å². The van der Waals surface area contributed by atoms with Gasteiger partial charge in [-0.05, 0) is 24.4 Å². The third-order valence-electron chi connectivity index (χ3n) is 0.778. The maximum atomic E-state index is 11.8. The van der Waals surface area contributed by atoms with Crippen molar-refractivity contribution in [3.05, 3.63) is 6.92 Å². The van der Waals surface area contributed by atoms with E-state index in [0.717, 1.165) is 0 Å². The molecule has 0 saturated carbocycles. The van der Waals surface area contributed by atoms with Crippen LogP contribution in [0.25, 0.3) is 0 Å². The van der Waals surface area contributed by atoms with Gasteiger partial charge < -0.3 is 5.11 Å². The van der Waals surface area contributed by atoms with Crippen molar-refractivity contribution in [1.82, 2.24) is 0 Å². The number of hydrogen-bond donors (Lipinski definition) is 1. The topological polar surface area (TPSA) is 20.2 Å². The van der Waals surface area contributed by atoms with Gasteiger partial charge in [0.25, 0.3) is 0 Å². The molecule has 9 heavy (non-hydrogen) atoms. The highest BCUT2D eigenvalue weighted by Gasteiger charge is 2.26. The van der Waals surface area contributed by atoms with Gasteiger partial charge in [-0.15, -0.1) is 0 Å². The maximum Gasteiger partial charge on any atom is 0.322 e. The highest BCUT2D eigenvalue weighted by Crippen LogP contribution is 2.26. The summed E-state index contributed by atoms with van der Waals surface area (Å²) in [4.78, 5) is 0. The minimum Gasteiger partial charge on any atom is -0.396 e. The molecule has 1 nitrogen and oxygen atoms in total. The molecular weight excluding hydrogens is 150 g/mol. The summed E-state index contributed by atoms with van der Waals surface area (Å²) in [6, 6.07) is 0. The van der Waals surface area contributed by atoms with Crippen molar-refractivity contribution in [3.63, 3.8) is 0 Å². The van der Waals surface area contributed by atoms with Crippen molar-refractivity contribution in [2.75, 3.05) is 6.61 Å². The molecule has 0 aliphatic rings. The molecule has 1 unspecified atom stereocenters. The Morgan fingerprint density at radius 1 is 1.67 bits per heavy atom. The van der Waals surface area contributed by atoms with Crippen LogP contribution in [0, 0.1) is 12.8 Å². The molecule has 1 atom stereocenters. The normalized spacial score (nSPS) is 15.7. The van der Waals surface area contributed by atoms with Gasteiger partial charge in [0.15, 0.2) is 0 Å². The number of aliphatic hydroxyl groups is 1. The first-order valence-corrected chi connectivity index (χ1v) is 2.84. The van der Waals surface area contributed by atoms with Crippen LogP contribution in [-0.4, -0.2) is 17.1 Å². The van der Waals surface area contributed by atoms with E-state index in [-0.39, 0.29) is 6.61 Å². The van der Waals surface area contributed by atoms with E-state index in [4.69, 9.17) is 5.11 Å². The first-order valence-electron chi connectivity index (χ1n) is 2.46. The first kappa shape index (κ1) is 9.11. The minimum atomic E-state index is -3.23. The molecule has 0 aromatic rings. The van der Waals surface area contributed by atoms with Crippen molar-refractivity contribution in [2.24, 2.45) is 5.92 Å². The van der Waals surface area contributed by atoms with E-state index >= 15 is 0 Å². The van der Waals surface area contributed by atoms with Gasteiger partial charge in [-0.1, -0.05) is 0 Å². The Morgan fingerprint density at radius 2 is 2.11 bits per heavy atom. The van der Waals surface area contributed by atoms with E-state index in [1.165, 1.54) is 0 Å². The van der Waals surface area contributed by atoms with Crippen molar-refractivity contribution in [3.8, 4) is 0 Å². The van der Waals surface area contributed by atoms with Gasteiger partial charge in [0, 0.05) is 13.0 Å². The third-order valence-corrected chi connectivity index (χ3v) is 0.933. The Bertz CT molecular complexity index is 81.5. The quantitative estimate of drug-likeness (QED) is 0.618. The number of rotatable bonds is 3. The van der Waals surface area contributed by atoms with Crippen LogP contribution < -0.4 is 0 Å². The molecule has 0 aromatic heterocycles. The molecule has 0 amide bonds. The molecule has 0 aliphatic heterocycles. The highest BCUT2D eigenvalue weighted by atomic mass is 35.5. The van der Waals surface area contributed by atoms with Crippen molar-refractivity contribution >= 4 is 11.6 Å².